The van der Waals surface area contributed by atoms with Crippen LogP contribution in [0.4, 0.5) is 5.69 Å². The maximum Gasteiger partial charge on any atom is 0.329 e. The summed E-state index contributed by atoms with van der Waals surface area (Å²) in [5, 5.41) is 2.75. The van der Waals surface area contributed by atoms with Gasteiger partial charge in [0, 0.05) is 25.3 Å². The molecule has 9 nitrogen and oxygen atoms in total. The number of hydrogen-bond acceptors (Lipinski definition) is 5. The summed E-state index contributed by atoms with van der Waals surface area (Å²) < 4.78 is 36.0. The minimum atomic E-state index is -3.70. The second kappa shape index (κ2) is 9.50. The normalized spacial score (nSPS) is 15.1. The molecule has 1 aromatic heterocycles. The van der Waals surface area contributed by atoms with Crippen LogP contribution in [-0.4, -0.2) is 54.1 Å². The van der Waals surface area contributed by atoms with Gasteiger partial charge in [0.15, 0.2) is 0 Å². The number of benzene rings is 2. The quantitative estimate of drug-likeness (QED) is 0.568. The molecule has 0 aliphatic carbocycles. The van der Waals surface area contributed by atoms with Crippen molar-refractivity contribution in [2.24, 2.45) is 0 Å². The van der Waals surface area contributed by atoms with Crippen LogP contribution in [0.5, 0.6) is 0 Å². The maximum absolute atomic E-state index is 13.1. The lowest BCUT2D eigenvalue weighted by Crippen LogP contribution is -2.40. The number of imidazole rings is 1. The van der Waals surface area contributed by atoms with Crippen LogP contribution in [0.25, 0.3) is 11.0 Å². The largest absolute Gasteiger partial charge is 0.379 e. The van der Waals surface area contributed by atoms with E-state index in [1.165, 1.54) is 14.9 Å². The Morgan fingerprint density at radius 2 is 1.73 bits per heavy atom. The van der Waals surface area contributed by atoms with Crippen molar-refractivity contribution in [1.82, 2.24) is 13.4 Å². The molecule has 1 aliphatic rings. The molecule has 10 heteroatoms. The smallest absolute Gasteiger partial charge is 0.329 e. The summed E-state index contributed by atoms with van der Waals surface area (Å²) in [7, 11) is -3.70. The van der Waals surface area contributed by atoms with Gasteiger partial charge in [0.25, 0.3) is 0 Å². The number of carbonyl (C=O) groups is 1. The van der Waals surface area contributed by atoms with Crippen molar-refractivity contribution in [3.63, 3.8) is 0 Å². The molecule has 3 aromatic rings. The Labute approximate surface area is 192 Å². The number of nitrogens with one attached hydrogen (secondary N) is 1. The van der Waals surface area contributed by atoms with Gasteiger partial charge in [-0.15, -0.1) is 0 Å². The van der Waals surface area contributed by atoms with Crippen LogP contribution >= 0.6 is 0 Å². The van der Waals surface area contributed by atoms with Crippen LogP contribution < -0.4 is 11.0 Å². The molecule has 1 aliphatic heterocycles. The van der Waals surface area contributed by atoms with Gasteiger partial charge in [-0.25, -0.2) is 13.2 Å². The molecule has 33 heavy (non-hydrogen) atoms. The Kier molecular flexibility index (Phi) is 6.68. The summed E-state index contributed by atoms with van der Waals surface area (Å²) in [6.45, 7) is 5.41. The number of sulfonamides is 1. The Bertz CT molecular complexity index is 1340. The Hall–Kier alpha value is -2.95. The second-order valence-electron chi connectivity index (χ2n) is 8.05. The highest BCUT2D eigenvalue weighted by atomic mass is 32.2. The molecule has 4 rings (SSSR count). The third kappa shape index (κ3) is 4.59. The zero-order valence-corrected chi connectivity index (χ0v) is 19.6. The molecule has 0 spiro atoms. The predicted molar refractivity (Wildman–Crippen MR) is 126 cm³/mol. The summed E-state index contributed by atoms with van der Waals surface area (Å²) in [6.07, 6.45) is 0.796. The highest BCUT2D eigenvalue weighted by molar-refractivity contribution is 7.89. The number of fused-ring (bicyclic) bond motifs is 1. The molecule has 1 saturated heterocycles. The van der Waals surface area contributed by atoms with Gasteiger partial charge in [-0.2, -0.15) is 4.31 Å². The van der Waals surface area contributed by atoms with E-state index in [9.17, 15) is 18.0 Å². The molecule has 0 unspecified atom stereocenters. The number of para-hydroxylation sites is 2. The van der Waals surface area contributed by atoms with Gasteiger partial charge in [0.1, 0.15) is 6.54 Å². The summed E-state index contributed by atoms with van der Waals surface area (Å²) in [4.78, 5) is 25.9. The number of ether oxygens (including phenoxy) is 1. The maximum atomic E-state index is 13.1. The molecule has 0 saturated carbocycles. The third-order valence-electron chi connectivity index (χ3n) is 5.73. The van der Waals surface area contributed by atoms with E-state index in [2.05, 4.69) is 5.32 Å². The van der Waals surface area contributed by atoms with Gasteiger partial charge in [-0.3, -0.25) is 13.9 Å². The minimum Gasteiger partial charge on any atom is -0.379 e. The summed E-state index contributed by atoms with van der Waals surface area (Å²) in [6, 6.07) is 12.2. The fourth-order valence-corrected chi connectivity index (χ4v) is 5.75. The highest BCUT2D eigenvalue weighted by Crippen LogP contribution is 2.24. The molecule has 2 heterocycles. The zero-order valence-electron chi connectivity index (χ0n) is 18.8. The average molecular weight is 473 g/mol. The molecule has 1 fully saturated rings. The van der Waals surface area contributed by atoms with Crippen LogP contribution in [0.15, 0.2) is 52.2 Å². The monoisotopic (exact) mass is 472 g/mol. The van der Waals surface area contributed by atoms with Gasteiger partial charge in [-0.1, -0.05) is 25.1 Å². The van der Waals surface area contributed by atoms with Gasteiger partial charge < -0.3 is 10.1 Å². The third-order valence-corrected chi connectivity index (χ3v) is 7.77. The lowest BCUT2D eigenvalue weighted by molar-refractivity contribution is -0.116. The summed E-state index contributed by atoms with van der Waals surface area (Å²) in [5.41, 5.74) is 2.19. The lowest BCUT2D eigenvalue weighted by atomic mass is 10.2. The van der Waals surface area contributed by atoms with Crippen molar-refractivity contribution >= 4 is 32.7 Å². The fourth-order valence-electron chi connectivity index (χ4n) is 4.09. The van der Waals surface area contributed by atoms with Crippen LogP contribution in [0.2, 0.25) is 0 Å². The molecular weight excluding hydrogens is 444 g/mol. The van der Waals surface area contributed by atoms with Crippen LogP contribution in [0.3, 0.4) is 0 Å². The molecule has 0 bridgehead atoms. The topological polar surface area (TPSA) is 103 Å². The number of rotatable bonds is 7. The number of aryl methyl sites for hydroxylation is 2. The number of anilines is 1. The van der Waals surface area contributed by atoms with Crippen LogP contribution in [-0.2, 0) is 32.6 Å². The number of aromatic nitrogens is 2. The van der Waals surface area contributed by atoms with E-state index in [1.54, 1.807) is 23.6 Å². The number of carbonyl (C=O) groups excluding carboxylic acids is 1. The first-order chi connectivity index (χ1) is 15.8. The van der Waals surface area contributed by atoms with E-state index in [4.69, 9.17) is 4.74 Å². The number of hydrogen-bond donors (Lipinski definition) is 1. The van der Waals surface area contributed by atoms with E-state index in [-0.39, 0.29) is 17.1 Å². The van der Waals surface area contributed by atoms with Gasteiger partial charge in [0.2, 0.25) is 15.9 Å². The lowest BCUT2D eigenvalue weighted by Gasteiger charge is -2.26. The molecule has 0 atom stereocenters. The average Bonchev–Trinajstić information content (AvgIpc) is 3.07. The van der Waals surface area contributed by atoms with Crippen molar-refractivity contribution < 1.29 is 17.9 Å². The first-order valence-corrected chi connectivity index (χ1v) is 12.4. The van der Waals surface area contributed by atoms with E-state index >= 15 is 0 Å². The van der Waals surface area contributed by atoms with Crippen molar-refractivity contribution in [3.05, 3.63) is 58.5 Å². The van der Waals surface area contributed by atoms with Gasteiger partial charge in [0.05, 0.1) is 29.1 Å². The Balaban J connectivity index is 1.59. The zero-order chi connectivity index (χ0) is 23.6. The molecule has 2 aromatic carbocycles. The molecule has 0 radical (unpaired) electrons. The fraction of sp³-hybridized carbons (Fsp3) is 0.391. The van der Waals surface area contributed by atoms with E-state index in [0.29, 0.717) is 49.6 Å². The van der Waals surface area contributed by atoms with E-state index in [1.807, 2.05) is 31.2 Å². The van der Waals surface area contributed by atoms with Crippen LogP contribution in [0.1, 0.15) is 18.9 Å². The highest BCUT2D eigenvalue weighted by Gasteiger charge is 2.28. The predicted octanol–water partition coefficient (Wildman–Crippen LogP) is 2.18. The summed E-state index contributed by atoms with van der Waals surface area (Å²) in [5.74, 6) is -0.407. The first-order valence-electron chi connectivity index (χ1n) is 11.0. The second-order valence-corrected chi connectivity index (χ2v) is 9.96. The van der Waals surface area contributed by atoms with Gasteiger partial charge in [-0.05, 0) is 43.2 Å². The first kappa shape index (κ1) is 23.2. The number of nitrogens with zero attached hydrogens (tertiary/aromatic N) is 3. The SMILES string of the molecule is CCCn1c(=O)n(CC(=O)Nc2ccc(C)c(S(=O)(=O)N3CCOCC3)c2)c2ccccc21. The van der Waals surface area contributed by atoms with Crippen molar-refractivity contribution in [2.45, 2.75) is 38.3 Å². The molecule has 1 N–H and O–H groups in total. The van der Waals surface area contributed by atoms with E-state index in [0.717, 1.165) is 11.9 Å². The van der Waals surface area contributed by atoms with Crippen LogP contribution in [0, 0.1) is 6.92 Å². The van der Waals surface area contributed by atoms with Crippen molar-refractivity contribution in [2.75, 3.05) is 31.6 Å². The molecule has 1 amide bonds. The number of morpholine rings is 1. The Morgan fingerprint density at radius 3 is 2.39 bits per heavy atom. The number of amides is 1. The minimum absolute atomic E-state index is 0.152. The summed E-state index contributed by atoms with van der Waals surface area (Å²) >= 11 is 0. The standard InChI is InChI=1S/C23H28N4O5S/c1-3-10-26-19-6-4-5-7-20(19)27(23(26)29)16-22(28)24-18-9-8-17(2)21(15-18)33(30,31)25-11-13-32-14-12-25/h4-9,15H,3,10-14,16H2,1-2H3,(H,24,28). The molecule has 176 valence electrons. The molecular formula is C23H28N4O5S. The van der Waals surface area contributed by atoms with Gasteiger partial charge >= 0.3 is 5.69 Å². The van der Waals surface area contributed by atoms with Crippen molar-refractivity contribution in [3.8, 4) is 0 Å². The van der Waals surface area contributed by atoms with E-state index < -0.39 is 15.9 Å². The van der Waals surface area contributed by atoms with Crippen molar-refractivity contribution in [1.29, 1.82) is 0 Å². The Morgan fingerprint density at radius 1 is 1.06 bits per heavy atom.